The summed E-state index contributed by atoms with van der Waals surface area (Å²) in [6, 6.07) is 12.0. The van der Waals surface area contributed by atoms with Crippen molar-refractivity contribution in [1.29, 1.82) is 0 Å². The van der Waals surface area contributed by atoms with Crippen molar-refractivity contribution < 1.29 is 0 Å². The summed E-state index contributed by atoms with van der Waals surface area (Å²) in [7, 11) is 0. The fourth-order valence-corrected chi connectivity index (χ4v) is 3.41. The number of pyridine rings is 3. The number of anilines is 1. The number of aromatic nitrogens is 3. The number of hydrogen-bond donors (Lipinski definition) is 0. The van der Waals surface area contributed by atoms with E-state index in [0.29, 0.717) is 0 Å². The zero-order valence-corrected chi connectivity index (χ0v) is 13.6. The highest BCUT2D eigenvalue weighted by Gasteiger charge is 2.17. The maximum Gasteiger partial charge on any atom is 0.0705 e. The van der Waals surface area contributed by atoms with E-state index in [1.54, 1.807) is 30.5 Å². The van der Waals surface area contributed by atoms with Crippen molar-refractivity contribution >= 4 is 28.1 Å². The molecule has 0 N–H and O–H groups in total. The molecule has 0 aliphatic carbocycles. The Hall–Kier alpha value is -2.92. The summed E-state index contributed by atoms with van der Waals surface area (Å²) in [5, 5.41) is 0. The van der Waals surface area contributed by atoms with Crippen LogP contribution in [0.1, 0.15) is 11.1 Å². The minimum Gasteiger partial charge on any atom is -0.285 e. The van der Waals surface area contributed by atoms with Gasteiger partial charge in [-0.1, -0.05) is 12.1 Å². The summed E-state index contributed by atoms with van der Waals surface area (Å²) in [5.41, 5.74) is 4.29. The Balaban J connectivity index is 1.79. The highest BCUT2D eigenvalue weighted by atomic mass is 32.2. The molecule has 3 aromatic heterocycles. The number of allylic oxidation sites excluding steroid dienone is 2. The molecule has 4 nitrogen and oxygen atoms in total. The first-order valence-corrected chi connectivity index (χ1v) is 8.29. The van der Waals surface area contributed by atoms with Gasteiger partial charge in [-0.05, 0) is 42.3 Å². The molecule has 5 heteroatoms. The van der Waals surface area contributed by atoms with Crippen LogP contribution in [-0.4, -0.2) is 15.0 Å². The quantitative estimate of drug-likeness (QED) is 0.665. The average Bonchev–Trinajstić information content (AvgIpc) is 2.70. The van der Waals surface area contributed by atoms with Crippen LogP contribution in [0.5, 0.6) is 0 Å². The third kappa shape index (κ3) is 3.07. The summed E-state index contributed by atoms with van der Waals surface area (Å²) < 4.78 is 2.12. The van der Waals surface area contributed by atoms with Crippen LogP contribution in [0, 0.1) is 0 Å². The van der Waals surface area contributed by atoms with E-state index in [1.807, 2.05) is 42.9 Å². The van der Waals surface area contributed by atoms with Crippen molar-refractivity contribution in [2.75, 3.05) is 4.31 Å². The summed E-state index contributed by atoms with van der Waals surface area (Å²) >= 11 is 1.65. The normalized spacial score (nSPS) is 14.1. The molecule has 0 bridgehead atoms. The molecule has 116 valence electrons. The van der Waals surface area contributed by atoms with E-state index in [9.17, 15) is 0 Å². The van der Waals surface area contributed by atoms with Gasteiger partial charge in [-0.2, -0.15) is 0 Å². The minimum atomic E-state index is 1.03. The van der Waals surface area contributed by atoms with Gasteiger partial charge in [0.1, 0.15) is 0 Å². The Morgan fingerprint density at radius 2 is 1.42 bits per heavy atom. The van der Waals surface area contributed by atoms with Gasteiger partial charge in [0, 0.05) is 58.8 Å². The molecule has 0 saturated heterocycles. The fraction of sp³-hybridized carbons (Fsp3) is 0. The van der Waals surface area contributed by atoms with Crippen molar-refractivity contribution in [3.8, 4) is 0 Å². The van der Waals surface area contributed by atoms with Gasteiger partial charge in [-0.25, -0.2) is 0 Å². The van der Waals surface area contributed by atoms with E-state index in [2.05, 4.69) is 43.7 Å². The summed E-state index contributed by atoms with van der Waals surface area (Å²) in [4.78, 5) is 13.8. The van der Waals surface area contributed by atoms with Gasteiger partial charge in [-0.3, -0.25) is 19.3 Å². The second-order valence-corrected chi connectivity index (χ2v) is 6.22. The van der Waals surface area contributed by atoms with E-state index >= 15 is 0 Å². The maximum atomic E-state index is 4.24. The lowest BCUT2D eigenvalue weighted by Crippen LogP contribution is -2.10. The lowest BCUT2D eigenvalue weighted by molar-refractivity contribution is 1.28. The largest absolute Gasteiger partial charge is 0.285 e. The summed E-state index contributed by atoms with van der Waals surface area (Å²) in [6.07, 6.45) is 15.2. The van der Waals surface area contributed by atoms with Gasteiger partial charge in [0.05, 0.1) is 11.9 Å². The van der Waals surface area contributed by atoms with Crippen LogP contribution < -0.4 is 4.31 Å². The van der Waals surface area contributed by atoms with Crippen LogP contribution >= 0.6 is 11.9 Å². The molecule has 0 saturated carbocycles. The van der Waals surface area contributed by atoms with E-state index in [-0.39, 0.29) is 0 Å². The molecule has 0 aromatic carbocycles. The fourth-order valence-electron chi connectivity index (χ4n) is 2.41. The Morgan fingerprint density at radius 3 is 2.04 bits per heavy atom. The van der Waals surface area contributed by atoms with E-state index in [1.165, 1.54) is 0 Å². The average molecular weight is 330 g/mol. The third-order valence-electron chi connectivity index (χ3n) is 3.58. The van der Waals surface area contributed by atoms with Crippen molar-refractivity contribution in [3.05, 3.63) is 97.0 Å². The Kier molecular flexibility index (Phi) is 4.08. The van der Waals surface area contributed by atoms with Crippen LogP contribution in [-0.2, 0) is 0 Å². The first-order chi connectivity index (χ1) is 11.9. The summed E-state index contributed by atoms with van der Waals surface area (Å²) in [6.45, 7) is 0. The zero-order chi connectivity index (χ0) is 16.2. The number of hydrogen-bond acceptors (Lipinski definition) is 5. The van der Waals surface area contributed by atoms with Crippen molar-refractivity contribution in [2.24, 2.45) is 0 Å². The molecule has 0 radical (unpaired) electrons. The second kappa shape index (κ2) is 6.68. The van der Waals surface area contributed by atoms with Crippen LogP contribution in [0.2, 0.25) is 0 Å². The predicted octanol–water partition coefficient (Wildman–Crippen LogP) is 4.42. The lowest BCUT2D eigenvalue weighted by Gasteiger charge is -2.25. The lowest BCUT2D eigenvalue weighted by atomic mass is 10.1. The highest BCUT2D eigenvalue weighted by Crippen LogP contribution is 2.40. The summed E-state index contributed by atoms with van der Waals surface area (Å²) in [5.74, 6) is 0. The molecule has 0 spiro atoms. The van der Waals surface area contributed by atoms with Gasteiger partial charge in [0.15, 0.2) is 0 Å². The van der Waals surface area contributed by atoms with Crippen LogP contribution in [0.25, 0.3) is 10.5 Å². The number of rotatable bonds is 3. The molecule has 0 fully saturated rings. The Bertz CT molecular complexity index is 877. The highest BCUT2D eigenvalue weighted by molar-refractivity contribution is 8.09. The zero-order valence-electron chi connectivity index (χ0n) is 12.8. The topological polar surface area (TPSA) is 41.9 Å². The van der Waals surface area contributed by atoms with Crippen molar-refractivity contribution in [3.63, 3.8) is 0 Å². The number of nitrogens with zero attached hydrogens (tertiary/aromatic N) is 4. The van der Waals surface area contributed by atoms with E-state index < -0.39 is 0 Å². The van der Waals surface area contributed by atoms with Gasteiger partial charge in [0.25, 0.3) is 0 Å². The molecule has 4 rings (SSSR count). The third-order valence-corrected chi connectivity index (χ3v) is 4.64. The molecule has 3 aromatic rings. The molecular formula is C19H14N4S. The molecule has 0 amide bonds. The molecule has 1 aliphatic heterocycles. The van der Waals surface area contributed by atoms with Crippen molar-refractivity contribution in [1.82, 2.24) is 15.0 Å². The molecular weight excluding hydrogens is 316 g/mol. The molecule has 0 atom stereocenters. The first kappa shape index (κ1) is 14.7. The standard InChI is InChI=1S/C19H14N4S/c1-4-15(11-20-7-1)17-10-19(16-5-2-8-21-12-16)24-23(14-17)18-6-3-9-22-13-18/h1-14H. The van der Waals surface area contributed by atoms with Crippen LogP contribution in [0.15, 0.2) is 85.9 Å². The Morgan fingerprint density at radius 1 is 0.750 bits per heavy atom. The van der Waals surface area contributed by atoms with Gasteiger partial charge >= 0.3 is 0 Å². The van der Waals surface area contributed by atoms with Crippen LogP contribution in [0.4, 0.5) is 5.69 Å². The van der Waals surface area contributed by atoms with E-state index in [0.717, 1.165) is 27.3 Å². The smallest absolute Gasteiger partial charge is 0.0705 e. The SMILES string of the molecule is C1=C(c2cccnc2)C=C(c2cccnc2)SN1c1cccnc1. The van der Waals surface area contributed by atoms with Gasteiger partial charge < -0.3 is 0 Å². The predicted molar refractivity (Wildman–Crippen MR) is 98.7 cm³/mol. The first-order valence-electron chi connectivity index (χ1n) is 7.52. The second-order valence-electron chi connectivity index (χ2n) is 5.20. The van der Waals surface area contributed by atoms with Crippen molar-refractivity contribution in [2.45, 2.75) is 0 Å². The minimum absolute atomic E-state index is 1.03. The van der Waals surface area contributed by atoms with E-state index in [4.69, 9.17) is 0 Å². The monoisotopic (exact) mass is 330 g/mol. The maximum absolute atomic E-state index is 4.24. The molecule has 4 heterocycles. The Labute approximate surface area is 144 Å². The van der Waals surface area contributed by atoms with Gasteiger partial charge in [-0.15, -0.1) is 0 Å². The molecule has 1 aliphatic rings. The molecule has 0 unspecified atom stereocenters. The molecule has 24 heavy (non-hydrogen) atoms. The van der Waals surface area contributed by atoms with Gasteiger partial charge in [0.2, 0.25) is 0 Å². The van der Waals surface area contributed by atoms with Crippen LogP contribution in [0.3, 0.4) is 0 Å².